The van der Waals surface area contributed by atoms with Crippen LogP contribution in [0.5, 0.6) is 11.5 Å². The average Bonchev–Trinajstić information content (AvgIpc) is 3.41. The summed E-state index contributed by atoms with van der Waals surface area (Å²) in [7, 11) is -0.727. The molecule has 0 bridgehead atoms. The van der Waals surface area contributed by atoms with Crippen LogP contribution in [-0.4, -0.2) is 92.2 Å². The van der Waals surface area contributed by atoms with E-state index < -0.39 is 34.0 Å². The fraction of sp³-hybridized carbons (Fsp3) is 0.483. The summed E-state index contributed by atoms with van der Waals surface area (Å²) in [4.78, 5) is 27.7. The van der Waals surface area contributed by atoms with Crippen molar-refractivity contribution >= 4 is 21.8 Å². The zero-order chi connectivity index (χ0) is 30.9. The van der Waals surface area contributed by atoms with Crippen LogP contribution in [0.25, 0.3) is 0 Å². The first kappa shape index (κ1) is 32.8. The molecular weight excluding hydrogens is 562 g/mol. The van der Waals surface area contributed by atoms with E-state index in [-0.39, 0.29) is 56.5 Å². The number of ether oxygens (including phenoxy) is 2. The Balaban J connectivity index is 1.99. The minimum absolute atomic E-state index is 0.0103. The first-order valence-corrected chi connectivity index (χ1v) is 15.1. The molecule has 42 heavy (non-hydrogen) atoms. The predicted octanol–water partition coefficient (Wildman–Crippen LogP) is 1.76. The molecule has 2 aromatic carbocycles. The van der Waals surface area contributed by atoms with E-state index in [1.807, 2.05) is 38.1 Å². The lowest BCUT2D eigenvalue weighted by molar-refractivity contribution is -0.148. The van der Waals surface area contributed by atoms with Gasteiger partial charge in [-0.25, -0.2) is 13.4 Å². The highest BCUT2D eigenvalue weighted by Gasteiger charge is 2.36. The number of carbonyl (C=O) groups is 2. The molecule has 0 saturated carbocycles. The van der Waals surface area contributed by atoms with Gasteiger partial charge in [-0.2, -0.15) is 9.57 Å². The third kappa shape index (κ3) is 8.90. The van der Waals surface area contributed by atoms with E-state index in [1.54, 1.807) is 31.1 Å². The number of nitriles is 1. The van der Waals surface area contributed by atoms with Crippen molar-refractivity contribution in [2.24, 2.45) is 5.92 Å². The molecule has 1 aliphatic rings. The molecule has 2 amide bonds. The summed E-state index contributed by atoms with van der Waals surface area (Å²) >= 11 is 0. The molecule has 0 spiro atoms. The zero-order valence-electron chi connectivity index (χ0n) is 24.4. The summed E-state index contributed by atoms with van der Waals surface area (Å²) in [5, 5.41) is 21.8. The molecule has 1 aliphatic heterocycles. The van der Waals surface area contributed by atoms with Gasteiger partial charge in [-0.1, -0.05) is 44.2 Å². The van der Waals surface area contributed by atoms with Crippen molar-refractivity contribution in [1.82, 2.24) is 19.6 Å². The molecule has 0 unspecified atom stereocenters. The number of hydrazine groups is 1. The summed E-state index contributed by atoms with van der Waals surface area (Å²) in [6.45, 7) is 3.39. The number of nitrogens with one attached hydrogen (secondary N) is 1. The van der Waals surface area contributed by atoms with Crippen LogP contribution in [0.2, 0.25) is 0 Å². The smallest absolute Gasteiger partial charge is 0.252 e. The molecule has 0 fully saturated rings. The maximum atomic E-state index is 13.9. The predicted molar refractivity (Wildman–Crippen MR) is 154 cm³/mol. The van der Waals surface area contributed by atoms with Crippen molar-refractivity contribution < 1.29 is 32.6 Å². The quantitative estimate of drug-likeness (QED) is 0.309. The van der Waals surface area contributed by atoms with Crippen LogP contribution < -0.4 is 14.9 Å². The largest absolute Gasteiger partial charge is 0.454 e. The third-order valence-corrected chi connectivity index (χ3v) is 8.26. The van der Waals surface area contributed by atoms with Gasteiger partial charge in [-0.3, -0.25) is 15.0 Å². The molecule has 0 radical (unpaired) electrons. The zero-order valence-corrected chi connectivity index (χ0v) is 25.2. The van der Waals surface area contributed by atoms with Crippen LogP contribution in [0.15, 0.2) is 53.4 Å². The average molecular weight is 602 g/mol. The first-order chi connectivity index (χ1) is 19.9. The van der Waals surface area contributed by atoms with E-state index in [0.29, 0.717) is 11.5 Å². The van der Waals surface area contributed by atoms with Crippen LogP contribution in [-0.2, 0) is 26.0 Å². The van der Waals surface area contributed by atoms with Crippen molar-refractivity contribution in [2.75, 3.05) is 40.5 Å². The molecule has 2 aromatic rings. The molecule has 1 heterocycles. The van der Waals surface area contributed by atoms with Crippen molar-refractivity contribution in [1.29, 1.82) is 5.26 Å². The van der Waals surface area contributed by atoms with Gasteiger partial charge in [0.2, 0.25) is 22.7 Å². The number of benzene rings is 2. The lowest BCUT2D eigenvalue weighted by Crippen LogP contribution is -2.60. The molecule has 228 valence electrons. The second-order valence-corrected chi connectivity index (χ2v) is 12.7. The molecule has 2 atom stereocenters. The number of fused-ring (bicyclic) bond motifs is 1. The molecule has 3 rings (SSSR count). The summed E-state index contributed by atoms with van der Waals surface area (Å²) in [5.74, 6) is -0.421. The van der Waals surface area contributed by atoms with Crippen LogP contribution in [0, 0.1) is 17.2 Å². The van der Waals surface area contributed by atoms with E-state index in [0.717, 1.165) is 10.6 Å². The summed E-state index contributed by atoms with van der Waals surface area (Å²) in [6, 6.07) is 14.3. The molecule has 0 aliphatic carbocycles. The first-order valence-electron chi connectivity index (χ1n) is 13.7. The van der Waals surface area contributed by atoms with Gasteiger partial charge in [0.05, 0.1) is 29.7 Å². The van der Waals surface area contributed by atoms with Crippen molar-refractivity contribution in [2.45, 2.75) is 50.2 Å². The number of carbonyl (C=O) groups excluding carboxylic acids is 2. The second-order valence-electron chi connectivity index (χ2n) is 10.7. The molecule has 0 saturated heterocycles. The van der Waals surface area contributed by atoms with Gasteiger partial charge in [0.25, 0.3) is 5.91 Å². The van der Waals surface area contributed by atoms with Gasteiger partial charge < -0.3 is 19.5 Å². The number of rotatable bonds is 14. The summed E-state index contributed by atoms with van der Waals surface area (Å²) in [5.41, 5.74) is 3.37. The molecular formula is C29H39N5O7S. The van der Waals surface area contributed by atoms with Crippen molar-refractivity contribution in [3.8, 4) is 17.6 Å². The van der Waals surface area contributed by atoms with E-state index in [9.17, 15) is 23.1 Å². The molecule has 13 heteroatoms. The number of amides is 2. The van der Waals surface area contributed by atoms with Gasteiger partial charge >= 0.3 is 0 Å². The van der Waals surface area contributed by atoms with Crippen molar-refractivity contribution in [3.05, 3.63) is 54.1 Å². The number of nitrogens with zero attached hydrogens (tertiary/aromatic N) is 4. The number of aliphatic hydroxyl groups is 1. The maximum Gasteiger partial charge on any atom is 0.252 e. The maximum absolute atomic E-state index is 13.9. The lowest BCUT2D eigenvalue weighted by atomic mass is 9.99. The molecule has 0 aromatic heterocycles. The van der Waals surface area contributed by atoms with Crippen molar-refractivity contribution in [3.63, 3.8) is 0 Å². The van der Waals surface area contributed by atoms with Crippen LogP contribution in [0.1, 0.15) is 32.3 Å². The Morgan fingerprint density at radius 2 is 1.76 bits per heavy atom. The van der Waals surface area contributed by atoms with Gasteiger partial charge in [-0.15, -0.1) is 0 Å². The van der Waals surface area contributed by atoms with E-state index in [2.05, 4.69) is 5.43 Å². The monoisotopic (exact) mass is 601 g/mol. The number of hydrogen-bond donors (Lipinski definition) is 2. The lowest BCUT2D eigenvalue weighted by Gasteiger charge is -2.37. The molecule has 12 nitrogen and oxygen atoms in total. The highest BCUT2D eigenvalue weighted by atomic mass is 32.2. The Morgan fingerprint density at radius 3 is 2.40 bits per heavy atom. The van der Waals surface area contributed by atoms with Gasteiger partial charge in [0, 0.05) is 32.0 Å². The standard InChI is InChI=1S/C29H39N5O7S/c1-21(2)17-33(42(38,39)23-12-13-26-27(16-23)41-20-40-26)18-25(35)24(15-22-9-6-5-7-10-22)34(29(37)11-8-14-30)31-28(36)19-32(3)4/h5-7,9-10,12-13,16,21,24-25,35H,8,11,15,17-20H2,1-4H3,(H,31,36)/t24-,25+/m0/s1. The third-order valence-electron chi connectivity index (χ3n) is 6.43. The fourth-order valence-electron chi connectivity index (χ4n) is 4.52. The number of aliphatic hydroxyl groups excluding tert-OH is 1. The SMILES string of the molecule is CC(C)CN(C[C@@H](O)[C@H](Cc1ccccc1)N(NC(=O)CN(C)C)C(=O)CCC#N)S(=O)(=O)c1ccc2c(c1)OCO2. The normalized spacial score (nSPS) is 14.1. The fourth-order valence-corrected chi connectivity index (χ4v) is 6.16. The van der Waals surface area contributed by atoms with Crippen LogP contribution in [0.4, 0.5) is 0 Å². The Bertz CT molecular complexity index is 1360. The number of hydrogen-bond acceptors (Lipinski definition) is 9. The Kier molecular flexibility index (Phi) is 11.7. The van der Waals surface area contributed by atoms with Gasteiger partial charge in [0.1, 0.15) is 0 Å². The minimum atomic E-state index is -4.12. The Morgan fingerprint density at radius 1 is 1.07 bits per heavy atom. The van der Waals surface area contributed by atoms with Gasteiger partial charge in [-0.05, 0) is 44.1 Å². The number of likely N-dealkylation sites (N-methyl/N-ethyl adjacent to an activating group) is 1. The second kappa shape index (κ2) is 15.0. The van der Waals surface area contributed by atoms with Crippen LogP contribution in [0.3, 0.4) is 0 Å². The van der Waals surface area contributed by atoms with E-state index >= 15 is 0 Å². The Hall–Kier alpha value is -3.70. The highest BCUT2D eigenvalue weighted by molar-refractivity contribution is 7.89. The van der Waals surface area contributed by atoms with Crippen LogP contribution >= 0.6 is 0 Å². The number of sulfonamides is 1. The highest BCUT2D eigenvalue weighted by Crippen LogP contribution is 2.35. The summed E-state index contributed by atoms with van der Waals surface area (Å²) in [6.07, 6.45) is -1.59. The van der Waals surface area contributed by atoms with E-state index in [4.69, 9.17) is 14.7 Å². The van der Waals surface area contributed by atoms with Gasteiger partial charge in [0.15, 0.2) is 11.5 Å². The topological polar surface area (TPSA) is 153 Å². The summed E-state index contributed by atoms with van der Waals surface area (Å²) < 4.78 is 39.6. The minimum Gasteiger partial charge on any atom is -0.454 e. The molecule has 2 N–H and O–H groups in total. The van der Waals surface area contributed by atoms with E-state index in [1.165, 1.54) is 22.5 Å². The Labute approximate surface area is 247 Å².